The Balaban J connectivity index is 1.51. The molecule has 0 spiro atoms. The maximum atomic E-state index is 12.4. The van der Waals surface area contributed by atoms with Gasteiger partial charge < -0.3 is 19.1 Å². The molecule has 0 bridgehead atoms. The molecule has 1 N–H and O–H groups in total. The molecule has 2 aromatic heterocycles. The molecular weight excluding hydrogens is 384 g/mol. The van der Waals surface area contributed by atoms with Crippen LogP contribution in [0.4, 0.5) is 0 Å². The lowest BCUT2D eigenvalue weighted by molar-refractivity contribution is 0.0527. The number of hydrogen-bond donors (Lipinski definition) is 1. The number of carbonyl (C=O) groups is 1. The number of ether oxygens (including phenoxy) is 2. The molecule has 1 atom stereocenters. The number of hydrogen-bond acceptors (Lipinski definition) is 6. The van der Waals surface area contributed by atoms with Crippen molar-refractivity contribution in [2.75, 3.05) is 13.2 Å². The average molecular weight is 408 g/mol. The molecular formula is C22H24N4O4. The molecule has 30 heavy (non-hydrogen) atoms. The average Bonchev–Trinajstić information content (AvgIpc) is 3.25. The van der Waals surface area contributed by atoms with E-state index in [9.17, 15) is 9.90 Å². The van der Waals surface area contributed by atoms with Gasteiger partial charge in [0.2, 0.25) is 0 Å². The molecule has 8 nitrogen and oxygen atoms in total. The SMILES string of the molecule is CCOC(=O)c1c(C)n(C)c2ccc(OC[C@@H](O)Cn3nnc4ccccc43)cc12. The van der Waals surface area contributed by atoms with Gasteiger partial charge in [-0.3, -0.25) is 0 Å². The third-order valence-electron chi connectivity index (χ3n) is 5.19. The lowest BCUT2D eigenvalue weighted by Crippen LogP contribution is -2.24. The van der Waals surface area contributed by atoms with Crippen molar-refractivity contribution in [2.24, 2.45) is 7.05 Å². The quantitative estimate of drug-likeness (QED) is 0.473. The first-order chi connectivity index (χ1) is 14.5. The highest BCUT2D eigenvalue weighted by molar-refractivity contribution is 6.06. The van der Waals surface area contributed by atoms with Gasteiger partial charge in [-0.2, -0.15) is 0 Å². The number of carbonyl (C=O) groups excluding carboxylic acids is 1. The van der Waals surface area contributed by atoms with Crippen LogP contribution in [-0.2, 0) is 18.3 Å². The van der Waals surface area contributed by atoms with Gasteiger partial charge in [0.1, 0.15) is 24.0 Å². The Labute approximate surface area is 173 Å². The summed E-state index contributed by atoms with van der Waals surface area (Å²) in [6.45, 7) is 4.33. The van der Waals surface area contributed by atoms with Crippen LogP contribution >= 0.6 is 0 Å². The zero-order valence-electron chi connectivity index (χ0n) is 17.2. The lowest BCUT2D eigenvalue weighted by atomic mass is 10.1. The van der Waals surface area contributed by atoms with Crippen molar-refractivity contribution in [3.05, 3.63) is 53.7 Å². The van der Waals surface area contributed by atoms with E-state index in [1.165, 1.54) is 0 Å². The minimum atomic E-state index is -0.771. The van der Waals surface area contributed by atoms with Crippen molar-refractivity contribution in [3.63, 3.8) is 0 Å². The third kappa shape index (κ3) is 3.61. The van der Waals surface area contributed by atoms with Gasteiger partial charge in [0, 0.05) is 23.6 Å². The van der Waals surface area contributed by atoms with E-state index in [1.807, 2.05) is 61.0 Å². The molecule has 0 unspecified atom stereocenters. The van der Waals surface area contributed by atoms with Gasteiger partial charge in [-0.05, 0) is 44.2 Å². The van der Waals surface area contributed by atoms with E-state index in [0.717, 1.165) is 27.6 Å². The first-order valence-corrected chi connectivity index (χ1v) is 9.84. The number of nitrogens with zero attached hydrogens (tertiary/aromatic N) is 4. The van der Waals surface area contributed by atoms with Crippen LogP contribution in [0.25, 0.3) is 21.9 Å². The standard InChI is InChI=1S/C22H24N4O4/c1-4-29-22(28)21-14(2)25(3)19-10-9-16(11-17(19)21)30-13-15(27)12-26-20-8-6-5-7-18(20)23-24-26/h5-11,15,27H,4,12-13H2,1-3H3/t15-/m0/s1. The second-order valence-electron chi connectivity index (χ2n) is 7.14. The second kappa shape index (κ2) is 8.16. The van der Waals surface area contributed by atoms with Gasteiger partial charge in [0.05, 0.1) is 24.2 Å². The van der Waals surface area contributed by atoms with Crippen molar-refractivity contribution < 1.29 is 19.4 Å². The molecule has 2 heterocycles. The van der Waals surface area contributed by atoms with Crippen LogP contribution in [-0.4, -0.2) is 50.0 Å². The fraction of sp³-hybridized carbons (Fsp3) is 0.318. The molecule has 4 rings (SSSR count). The zero-order chi connectivity index (χ0) is 21.3. The number of benzene rings is 2. The summed E-state index contributed by atoms with van der Waals surface area (Å²) in [7, 11) is 1.91. The number of aliphatic hydroxyl groups is 1. The zero-order valence-corrected chi connectivity index (χ0v) is 17.2. The van der Waals surface area contributed by atoms with Crippen LogP contribution in [0.15, 0.2) is 42.5 Å². The van der Waals surface area contributed by atoms with Gasteiger partial charge in [-0.1, -0.05) is 17.3 Å². The summed E-state index contributed by atoms with van der Waals surface area (Å²) in [6, 6.07) is 13.1. The molecule has 4 aromatic rings. The highest BCUT2D eigenvalue weighted by atomic mass is 16.5. The van der Waals surface area contributed by atoms with E-state index in [1.54, 1.807) is 11.6 Å². The van der Waals surface area contributed by atoms with Crippen LogP contribution in [0, 0.1) is 6.92 Å². The summed E-state index contributed by atoms with van der Waals surface area (Å²) in [4.78, 5) is 12.4. The molecule has 0 aliphatic rings. The highest BCUT2D eigenvalue weighted by Gasteiger charge is 2.20. The summed E-state index contributed by atoms with van der Waals surface area (Å²) in [5.41, 5.74) is 3.92. The molecule has 0 radical (unpaired) electrons. The number of aryl methyl sites for hydroxylation is 1. The van der Waals surface area contributed by atoms with Crippen molar-refractivity contribution in [3.8, 4) is 5.75 Å². The molecule has 0 saturated carbocycles. The lowest BCUT2D eigenvalue weighted by Gasteiger charge is -2.13. The molecule has 0 amide bonds. The van der Waals surface area contributed by atoms with E-state index in [4.69, 9.17) is 9.47 Å². The summed E-state index contributed by atoms with van der Waals surface area (Å²) in [5.74, 6) is 0.219. The number of esters is 1. The van der Waals surface area contributed by atoms with Crippen LogP contribution in [0.1, 0.15) is 23.0 Å². The summed E-state index contributed by atoms with van der Waals surface area (Å²) in [6.07, 6.45) is -0.771. The summed E-state index contributed by atoms with van der Waals surface area (Å²) >= 11 is 0. The monoisotopic (exact) mass is 408 g/mol. The second-order valence-corrected chi connectivity index (χ2v) is 7.14. The smallest absolute Gasteiger partial charge is 0.340 e. The first-order valence-electron chi connectivity index (χ1n) is 9.84. The molecule has 0 saturated heterocycles. The Kier molecular flexibility index (Phi) is 5.41. The van der Waals surface area contributed by atoms with E-state index < -0.39 is 6.10 Å². The van der Waals surface area contributed by atoms with Crippen molar-refractivity contribution >= 4 is 27.9 Å². The number of rotatable bonds is 7. The summed E-state index contributed by atoms with van der Waals surface area (Å²) < 4.78 is 14.6. The van der Waals surface area contributed by atoms with E-state index in [-0.39, 0.29) is 19.1 Å². The maximum absolute atomic E-state index is 12.4. The number of aromatic nitrogens is 4. The van der Waals surface area contributed by atoms with Crippen molar-refractivity contribution in [2.45, 2.75) is 26.5 Å². The van der Waals surface area contributed by atoms with Crippen LogP contribution in [0.3, 0.4) is 0 Å². The Morgan fingerprint density at radius 1 is 1.20 bits per heavy atom. The molecule has 0 aliphatic heterocycles. The number of para-hydroxylation sites is 1. The topological polar surface area (TPSA) is 91.4 Å². The van der Waals surface area contributed by atoms with Gasteiger partial charge in [-0.15, -0.1) is 5.10 Å². The summed E-state index contributed by atoms with van der Waals surface area (Å²) in [5, 5.41) is 19.4. The predicted octanol–water partition coefficient (Wildman–Crippen LogP) is 2.85. The van der Waals surface area contributed by atoms with Crippen molar-refractivity contribution in [1.82, 2.24) is 19.6 Å². The Bertz CT molecular complexity index is 1210. The fourth-order valence-corrected chi connectivity index (χ4v) is 3.60. The fourth-order valence-electron chi connectivity index (χ4n) is 3.60. The van der Waals surface area contributed by atoms with Gasteiger partial charge in [0.15, 0.2) is 0 Å². The van der Waals surface area contributed by atoms with E-state index in [0.29, 0.717) is 17.9 Å². The van der Waals surface area contributed by atoms with Gasteiger partial charge in [0.25, 0.3) is 0 Å². The Hall–Kier alpha value is -3.39. The van der Waals surface area contributed by atoms with Crippen LogP contribution in [0.2, 0.25) is 0 Å². The minimum absolute atomic E-state index is 0.0836. The van der Waals surface area contributed by atoms with E-state index in [2.05, 4.69) is 10.3 Å². The van der Waals surface area contributed by atoms with Gasteiger partial charge in [-0.25, -0.2) is 9.48 Å². The normalized spacial score (nSPS) is 12.4. The third-order valence-corrected chi connectivity index (χ3v) is 5.19. The van der Waals surface area contributed by atoms with E-state index >= 15 is 0 Å². The number of fused-ring (bicyclic) bond motifs is 2. The number of aliphatic hydroxyl groups excluding tert-OH is 1. The molecule has 0 aliphatic carbocycles. The first kappa shape index (κ1) is 19.9. The van der Waals surface area contributed by atoms with Crippen molar-refractivity contribution in [1.29, 1.82) is 0 Å². The Morgan fingerprint density at radius 3 is 2.80 bits per heavy atom. The van der Waals surface area contributed by atoms with Gasteiger partial charge >= 0.3 is 5.97 Å². The molecule has 156 valence electrons. The molecule has 8 heteroatoms. The maximum Gasteiger partial charge on any atom is 0.340 e. The Morgan fingerprint density at radius 2 is 2.00 bits per heavy atom. The van der Waals surface area contributed by atoms with Crippen LogP contribution < -0.4 is 4.74 Å². The highest BCUT2D eigenvalue weighted by Crippen LogP contribution is 2.29. The molecule has 2 aromatic carbocycles. The predicted molar refractivity (Wildman–Crippen MR) is 113 cm³/mol. The molecule has 0 fully saturated rings. The van der Waals surface area contributed by atoms with Crippen LogP contribution in [0.5, 0.6) is 5.75 Å². The minimum Gasteiger partial charge on any atom is -0.491 e. The largest absolute Gasteiger partial charge is 0.491 e.